The molecule has 0 rings (SSSR count). The Hall–Kier alpha value is -1.74. The monoisotopic (exact) mass is 290 g/mol. The van der Waals surface area contributed by atoms with E-state index in [2.05, 4.69) is 22.6 Å². The number of carbonyl (C=O) groups is 2. The minimum atomic E-state index is -1.80. The molecule has 8 nitrogen and oxygen atoms in total. The third-order valence-corrected chi connectivity index (χ3v) is 2.26. The smallest absolute Gasteiger partial charge is 0.330 e. The van der Waals surface area contributed by atoms with Gasteiger partial charge in [0, 0.05) is 12.2 Å². The van der Waals surface area contributed by atoms with Gasteiger partial charge in [0.05, 0.1) is 0 Å². The Balaban J connectivity index is 4.25. The zero-order valence-electron chi connectivity index (χ0n) is 10.7. The first-order valence-electron chi connectivity index (χ1n) is 5.64. The second-order valence-corrected chi connectivity index (χ2v) is 3.78. The maximum atomic E-state index is 10.7. The molecule has 0 aromatic rings. The van der Waals surface area contributed by atoms with E-state index >= 15 is 0 Å². The molecule has 0 saturated carbocycles. The summed E-state index contributed by atoms with van der Waals surface area (Å²) in [7, 11) is 0. The zero-order chi connectivity index (χ0) is 15.7. The number of hydrogen-bond acceptors (Lipinski definition) is 8. The predicted octanol–water partition coefficient (Wildman–Crippen LogP) is -2.11. The van der Waals surface area contributed by atoms with Gasteiger partial charge in [-0.2, -0.15) is 0 Å². The highest BCUT2D eigenvalue weighted by atomic mass is 16.5. The van der Waals surface area contributed by atoms with Gasteiger partial charge >= 0.3 is 11.9 Å². The fraction of sp³-hybridized carbons (Fsp3) is 0.500. The van der Waals surface area contributed by atoms with Crippen molar-refractivity contribution in [2.24, 2.45) is 0 Å². The Morgan fingerprint density at radius 1 is 0.850 bits per heavy atom. The molecule has 4 N–H and O–H groups in total. The van der Waals surface area contributed by atoms with Gasteiger partial charge in [0.15, 0.2) is 0 Å². The van der Waals surface area contributed by atoms with E-state index in [9.17, 15) is 30.0 Å². The van der Waals surface area contributed by atoms with Gasteiger partial charge in [0.25, 0.3) is 0 Å². The normalized spacial score (nSPS) is 16.4. The van der Waals surface area contributed by atoms with Crippen LogP contribution in [0.5, 0.6) is 0 Å². The van der Waals surface area contributed by atoms with Gasteiger partial charge in [-0.3, -0.25) is 0 Å². The van der Waals surface area contributed by atoms with E-state index in [0.29, 0.717) is 0 Å². The zero-order valence-corrected chi connectivity index (χ0v) is 10.7. The lowest BCUT2D eigenvalue weighted by Gasteiger charge is -2.25. The lowest BCUT2D eigenvalue weighted by atomic mass is 10.0. The fourth-order valence-corrected chi connectivity index (χ4v) is 1.11. The second-order valence-electron chi connectivity index (χ2n) is 3.78. The molecule has 0 aliphatic rings. The standard InChI is InChI=1S/C12H18O8/c1-3-9(15)19-5-7(13)11(17)12(18)8(14)6-20-10(16)4-2/h3-4,7-8,11-14,17-18H,1-2,5-6H2/t7-,8?,11+,12?/m0/s1. The lowest BCUT2D eigenvalue weighted by molar-refractivity contribution is -0.157. The van der Waals surface area contributed by atoms with Crippen LogP contribution in [-0.4, -0.2) is 70.0 Å². The summed E-state index contributed by atoms with van der Waals surface area (Å²) < 4.78 is 8.92. The van der Waals surface area contributed by atoms with Crippen molar-refractivity contribution in [3.8, 4) is 0 Å². The van der Waals surface area contributed by atoms with Crippen molar-refractivity contribution >= 4 is 11.9 Å². The van der Waals surface area contributed by atoms with Crippen LogP contribution in [0.25, 0.3) is 0 Å². The van der Waals surface area contributed by atoms with Crippen molar-refractivity contribution in [3.63, 3.8) is 0 Å². The Bertz CT molecular complexity index is 319. The van der Waals surface area contributed by atoms with E-state index in [1.807, 2.05) is 0 Å². The quantitative estimate of drug-likeness (QED) is 0.280. The highest BCUT2D eigenvalue weighted by Crippen LogP contribution is 2.07. The summed E-state index contributed by atoms with van der Waals surface area (Å²) in [6, 6.07) is 0. The molecular weight excluding hydrogens is 272 g/mol. The summed E-state index contributed by atoms with van der Waals surface area (Å²) in [5, 5.41) is 38.0. The molecule has 4 atom stereocenters. The molecule has 0 spiro atoms. The third-order valence-electron chi connectivity index (χ3n) is 2.26. The molecule has 0 aromatic heterocycles. The molecule has 0 radical (unpaired) electrons. The van der Waals surface area contributed by atoms with Crippen LogP contribution in [0, 0.1) is 0 Å². The van der Waals surface area contributed by atoms with Crippen molar-refractivity contribution in [1.29, 1.82) is 0 Å². The van der Waals surface area contributed by atoms with Crippen LogP contribution in [0.1, 0.15) is 0 Å². The minimum Gasteiger partial charge on any atom is -0.460 e. The molecule has 0 aromatic carbocycles. The molecule has 0 fully saturated rings. The maximum absolute atomic E-state index is 10.7. The van der Waals surface area contributed by atoms with E-state index in [4.69, 9.17) is 0 Å². The Morgan fingerprint density at radius 3 is 1.40 bits per heavy atom. The molecule has 0 aliphatic heterocycles. The molecule has 0 bridgehead atoms. The van der Waals surface area contributed by atoms with E-state index in [0.717, 1.165) is 12.2 Å². The Labute approximate surface area is 115 Å². The van der Waals surface area contributed by atoms with Crippen LogP contribution in [0.3, 0.4) is 0 Å². The summed E-state index contributed by atoms with van der Waals surface area (Å²) in [5.41, 5.74) is 0. The van der Waals surface area contributed by atoms with E-state index in [1.54, 1.807) is 0 Å². The van der Waals surface area contributed by atoms with Gasteiger partial charge < -0.3 is 29.9 Å². The fourth-order valence-electron chi connectivity index (χ4n) is 1.11. The highest BCUT2D eigenvalue weighted by molar-refractivity contribution is 5.81. The highest BCUT2D eigenvalue weighted by Gasteiger charge is 2.31. The number of esters is 2. The first-order chi connectivity index (χ1) is 9.33. The molecule has 0 amide bonds. The number of carbonyl (C=O) groups excluding carboxylic acids is 2. The van der Waals surface area contributed by atoms with Crippen LogP contribution >= 0.6 is 0 Å². The third kappa shape index (κ3) is 6.43. The van der Waals surface area contributed by atoms with E-state index < -0.39 is 49.6 Å². The van der Waals surface area contributed by atoms with E-state index in [-0.39, 0.29) is 0 Å². The summed E-state index contributed by atoms with van der Waals surface area (Å²) in [4.78, 5) is 21.5. The Kier molecular flexibility index (Phi) is 8.41. The molecule has 114 valence electrons. The topological polar surface area (TPSA) is 134 Å². The molecule has 2 unspecified atom stereocenters. The number of aliphatic hydroxyl groups excluding tert-OH is 4. The summed E-state index contributed by atoms with van der Waals surface area (Å²) in [6.07, 6.45) is -5.13. The van der Waals surface area contributed by atoms with Gasteiger partial charge in [0.1, 0.15) is 37.6 Å². The number of aliphatic hydroxyl groups is 4. The average Bonchev–Trinajstić information content (AvgIpc) is 2.47. The molecule has 0 aliphatic carbocycles. The number of hydrogen-bond donors (Lipinski definition) is 4. The van der Waals surface area contributed by atoms with Crippen LogP contribution < -0.4 is 0 Å². The maximum Gasteiger partial charge on any atom is 0.330 e. The van der Waals surface area contributed by atoms with Crippen LogP contribution in [-0.2, 0) is 19.1 Å². The molecule has 0 heterocycles. The largest absolute Gasteiger partial charge is 0.460 e. The van der Waals surface area contributed by atoms with Crippen LogP contribution in [0.15, 0.2) is 25.3 Å². The SMILES string of the molecule is C=CC(=O)OCC(O)C(O)[C@H](O)[C@@H](O)COC(=O)C=C. The summed E-state index contributed by atoms with van der Waals surface area (Å²) in [5.74, 6) is -1.63. The second kappa shape index (κ2) is 9.21. The molecule has 20 heavy (non-hydrogen) atoms. The van der Waals surface area contributed by atoms with Gasteiger partial charge in [-0.15, -0.1) is 0 Å². The van der Waals surface area contributed by atoms with Crippen molar-refractivity contribution in [3.05, 3.63) is 25.3 Å². The summed E-state index contributed by atoms with van der Waals surface area (Å²) in [6.45, 7) is 5.07. The minimum absolute atomic E-state index is 0.595. The molecule has 8 heteroatoms. The number of ether oxygens (including phenoxy) is 2. The Morgan fingerprint density at radius 2 is 1.15 bits per heavy atom. The molecular formula is C12H18O8. The van der Waals surface area contributed by atoms with Gasteiger partial charge in [0.2, 0.25) is 0 Å². The van der Waals surface area contributed by atoms with Crippen LogP contribution in [0.4, 0.5) is 0 Å². The van der Waals surface area contributed by atoms with Gasteiger partial charge in [-0.1, -0.05) is 13.2 Å². The van der Waals surface area contributed by atoms with Crippen molar-refractivity contribution in [1.82, 2.24) is 0 Å². The van der Waals surface area contributed by atoms with E-state index in [1.165, 1.54) is 0 Å². The number of rotatable bonds is 9. The molecule has 0 saturated heterocycles. The van der Waals surface area contributed by atoms with Crippen molar-refractivity contribution in [2.45, 2.75) is 24.4 Å². The lowest BCUT2D eigenvalue weighted by Crippen LogP contribution is -2.48. The predicted molar refractivity (Wildman–Crippen MR) is 66.3 cm³/mol. The van der Waals surface area contributed by atoms with Crippen molar-refractivity contribution < 1.29 is 39.5 Å². The summed E-state index contributed by atoms with van der Waals surface area (Å²) >= 11 is 0. The van der Waals surface area contributed by atoms with Gasteiger partial charge in [-0.05, 0) is 0 Å². The first-order valence-corrected chi connectivity index (χ1v) is 5.64. The average molecular weight is 290 g/mol. The van der Waals surface area contributed by atoms with Gasteiger partial charge in [-0.25, -0.2) is 9.59 Å². The first kappa shape index (κ1) is 18.3. The van der Waals surface area contributed by atoms with Crippen molar-refractivity contribution in [2.75, 3.05) is 13.2 Å². The van der Waals surface area contributed by atoms with Crippen LogP contribution in [0.2, 0.25) is 0 Å².